The lowest BCUT2D eigenvalue weighted by atomic mass is 9.97. The van der Waals surface area contributed by atoms with Crippen molar-refractivity contribution in [2.75, 3.05) is 6.54 Å². The predicted octanol–water partition coefficient (Wildman–Crippen LogP) is 2.58. The Bertz CT molecular complexity index is 381. The Morgan fingerprint density at radius 2 is 2.25 bits per heavy atom. The van der Waals surface area contributed by atoms with Crippen LogP contribution in [0.5, 0.6) is 0 Å². The predicted molar refractivity (Wildman–Crippen MR) is 63.0 cm³/mol. The molecule has 0 amide bonds. The molecule has 0 saturated heterocycles. The molecule has 1 rings (SSSR count). The number of benzene rings is 1. The van der Waals surface area contributed by atoms with Gasteiger partial charge in [-0.15, -0.1) is 0 Å². The van der Waals surface area contributed by atoms with Crippen LogP contribution in [-0.4, -0.2) is 12.3 Å². The molecule has 1 aromatic carbocycles. The zero-order valence-electron chi connectivity index (χ0n) is 9.17. The van der Waals surface area contributed by atoms with E-state index >= 15 is 0 Å². The van der Waals surface area contributed by atoms with E-state index in [1.165, 1.54) is 12.1 Å². The molecular formula is C12H15ClFNO. The standard InChI is InChI=1S/C12H15ClFNO/c1-8(4-5-15)12(16)7-9-2-3-10(13)11(14)6-9/h2-3,6,8H,4-5,7,15H2,1H3. The SMILES string of the molecule is CC(CCN)C(=O)Cc1ccc(Cl)c(F)c1. The first-order valence-electron chi connectivity index (χ1n) is 5.21. The van der Waals surface area contributed by atoms with Crippen molar-refractivity contribution in [3.05, 3.63) is 34.6 Å². The van der Waals surface area contributed by atoms with Crippen LogP contribution in [0.25, 0.3) is 0 Å². The third-order valence-corrected chi connectivity index (χ3v) is 2.82. The molecule has 2 N–H and O–H groups in total. The van der Waals surface area contributed by atoms with Crippen molar-refractivity contribution in [1.82, 2.24) is 0 Å². The molecule has 0 aliphatic rings. The number of hydrogen-bond donors (Lipinski definition) is 1. The smallest absolute Gasteiger partial charge is 0.142 e. The Kier molecular flexibility index (Phi) is 4.90. The Morgan fingerprint density at radius 1 is 1.56 bits per heavy atom. The topological polar surface area (TPSA) is 43.1 Å². The molecule has 1 aromatic rings. The molecule has 0 bridgehead atoms. The fraction of sp³-hybridized carbons (Fsp3) is 0.417. The fourth-order valence-corrected chi connectivity index (χ4v) is 1.55. The maximum absolute atomic E-state index is 13.1. The summed E-state index contributed by atoms with van der Waals surface area (Å²) in [5.74, 6) is -0.491. The van der Waals surface area contributed by atoms with Gasteiger partial charge < -0.3 is 5.73 Å². The van der Waals surface area contributed by atoms with E-state index in [0.717, 1.165) is 0 Å². The molecule has 0 saturated carbocycles. The van der Waals surface area contributed by atoms with E-state index in [2.05, 4.69) is 0 Å². The van der Waals surface area contributed by atoms with E-state index in [0.29, 0.717) is 18.5 Å². The number of carbonyl (C=O) groups is 1. The van der Waals surface area contributed by atoms with Gasteiger partial charge in [0, 0.05) is 12.3 Å². The molecule has 1 unspecified atom stereocenters. The van der Waals surface area contributed by atoms with Crippen LogP contribution in [0.4, 0.5) is 4.39 Å². The molecule has 0 radical (unpaired) electrons. The Hall–Kier alpha value is -0.930. The largest absolute Gasteiger partial charge is 0.330 e. The minimum Gasteiger partial charge on any atom is -0.330 e. The lowest BCUT2D eigenvalue weighted by Crippen LogP contribution is -2.17. The number of carbonyl (C=O) groups excluding carboxylic acids is 1. The van der Waals surface area contributed by atoms with E-state index in [1.54, 1.807) is 6.07 Å². The number of nitrogens with two attached hydrogens (primary N) is 1. The highest BCUT2D eigenvalue weighted by Gasteiger charge is 2.13. The third-order valence-electron chi connectivity index (χ3n) is 2.51. The van der Waals surface area contributed by atoms with Gasteiger partial charge in [0.25, 0.3) is 0 Å². The maximum atomic E-state index is 13.1. The summed E-state index contributed by atoms with van der Waals surface area (Å²) in [7, 11) is 0. The van der Waals surface area contributed by atoms with Crippen molar-refractivity contribution in [3.63, 3.8) is 0 Å². The maximum Gasteiger partial charge on any atom is 0.142 e. The summed E-state index contributed by atoms with van der Waals surface area (Å²) < 4.78 is 13.1. The van der Waals surface area contributed by atoms with Crippen molar-refractivity contribution >= 4 is 17.4 Å². The van der Waals surface area contributed by atoms with Gasteiger partial charge in [-0.1, -0.05) is 24.6 Å². The minimum absolute atomic E-state index is 0.0752. The highest BCUT2D eigenvalue weighted by atomic mass is 35.5. The highest BCUT2D eigenvalue weighted by Crippen LogP contribution is 2.17. The van der Waals surface area contributed by atoms with E-state index < -0.39 is 5.82 Å². The fourth-order valence-electron chi connectivity index (χ4n) is 1.44. The van der Waals surface area contributed by atoms with Crippen LogP contribution in [0.2, 0.25) is 5.02 Å². The van der Waals surface area contributed by atoms with Gasteiger partial charge in [0.15, 0.2) is 0 Å². The Labute approximate surface area is 99.6 Å². The van der Waals surface area contributed by atoms with Crippen LogP contribution in [-0.2, 0) is 11.2 Å². The summed E-state index contributed by atoms with van der Waals surface area (Å²) in [4.78, 5) is 11.7. The summed E-state index contributed by atoms with van der Waals surface area (Å²) in [6.07, 6.45) is 0.893. The second-order valence-electron chi connectivity index (χ2n) is 3.87. The van der Waals surface area contributed by atoms with Crippen LogP contribution in [0.15, 0.2) is 18.2 Å². The lowest BCUT2D eigenvalue weighted by Gasteiger charge is -2.08. The van der Waals surface area contributed by atoms with Crippen molar-refractivity contribution in [1.29, 1.82) is 0 Å². The minimum atomic E-state index is -0.488. The first-order chi connectivity index (χ1) is 7.54. The van der Waals surface area contributed by atoms with Gasteiger partial charge in [0.2, 0.25) is 0 Å². The normalized spacial score (nSPS) is 12.5. The van der Waals surface area contributed by atoms with Crippen molar-refractivity contribution in [3.8, 4) is 0 Å². The number of halogens is 2. The second kappa shape index (κ2) is 5.97. The van der Waals surface area contributed by atoms with E-state index in [9.17, 15) is 9.18 Å². The van der Waals surface area contributed by atoms with Gasteiger partial charge in [-0.25, -0.2) is 4.39 Å². The lowest BCUT2D eigenvalue weighted by molar-refractivity contribution is -0.121. The third kappa shape index (κ3) is 3.58. The van der Waals surface area contributed by atoms with E-state index in [1.807, 2.05) is 6.92 Å². The first-order valence-corrected chi connectivity index (χ1v) is 5.59. The zero-order valence-corrected chi connectivity index (χ0v) is 9.93. The van der Waals surface area contributed by atoms with Crippen molar-refractivity contribution < 1.29 is 9.18 Å². The molecular weight excluding hydrogens is 229 g/mol. The molecule has 4 heteroatoms. The molecule has 0 fully saturated rings. The molecule has 88 valence electrons. The van der Waals surface area contributed by atoms with Gasteiger partial charge in [0.05, 0.1) is 5.02 Å². The molecule has 1 atom stereocenters. The molecule has 0 spiro atoms. The van der Waals surface area contributed by atoms with Gasteiger partial charge in [-0.2, -0.15) is 0 Å². The molecule has 0 aromatic heterocycles. The molecule has 0 aliphatic carbocycles. The van der Waals surface area contributed by atoms with Gasteiger partial charge in [-0.3, -0.25) is 4.79 Å². The van der Waals surface area contributed by atoms with E-state index in [4.69, 9.17) is 17.3 Å². The van der Waals surface area contributed by atoms with Crippen LogP contribution in [0.3, 0.4) is 0 Å². The molecule has 16 heavy (non-hydrogen) atoms. The van der Waals surface area contributed by atoms with Gasteiger partial charge in [-0.05, 0) is 30.7 Å². The number of Topliss-reactive ketones (excluding diaryl/α,β-unsaturated/α-hetero) is 1. The average Bonchev–Trinajstić information content (AvgIpc) is 2.24. The average molecular weight is 244 g/mol. The Morgan fingerprint density at radius 3 is 2.81 bits per heavy atom. The van der Waals surface area contributed by atoms with E-state index in [-0.39, 0.29) is 23.1 Å². The van der Waals surface area contributed by atoms with Gasteiger partial charge in [0.1, 0.15) is 11.6 Å². The van der Waals surface area contributed by atoms with Crippen molar-refractivity contribution in [2.45, 2.75) is 19.8 Å². The summed E-state index contributed by atoms with van der Waals surface area (Å²) in [6.45, 7) is 2.32. The number of ketones is 1. The van der Waals surface area contributed by atoms with Crippen LogP contribution in [0.1, 0.15) is 18.9 Å². The number of rotatable bonds is 5. The second-order valence-corrected chi connectivity index (χ2v) is 4.28. The monoisotopic (exact) mass is 243 g/mol. The van der Waals surface area contributed by atoms with Crippen molar-refractivity contribution in [2.24, 2.45) is 11.7 Å². The summed E-state index contributed by atoms with van der Waals surface area (Å²) >= 11 is 5.55. The number of hydrogen-bond acceptors (Lipinski definition) is 2. The first kappa shape index (κ1) is 13.1. The molecule has 2 nitrogen and oxygen atoms in total. The molecule has 0 aliphatic heterocycles. The quantitative estimate of drug-likeness (QED) is 0.864. The summed E-state index contributed by atoms with van der Waals surface area (Å²) in [5.41, 5.74) is 6.02. The highest BCUT2D eigenvalue weighted by molar-refractivity contribution is 6.30. The summed E-state index contributed by atoms with van der Waals surface area (Å²) in [6, 6.07) is 4.43. The molecule has 0 heterocycles. The summed E-state index contributed by atoms with van der Waals surface area (Å²) in [5, 5.41) is 0.0752. The van der Waals surface area contributed by atoms with Gasteiger partial charge >= 0.3 is 0 Å². The Balaban J connectivity index is 2.66. The van der Waals surface area contributed by atoms with Crippen LogP contribution in [0, 0.1) is 11.7 Å². The zero-order chi connectivity index (χ0) is 12.1. The van der Waals surface area contributed by atoms with Crippen LogP contribution < -0.4 is 5.73 Å². The van der Waals surface area contributed by atoms with Crippen LogP contribution >= 0.6 is 11.6 Å².